The zero-order valence-electron chi connectivity index (χ0n) is 11.1. The number of hydrogen-bond donors (Lipinski definition) is 1. The lowest BCUT2D eigenvalue weighted by Gasteiger charge is -2.19. The molecule has 6 heteroatoms. The molecule has 0 aromatic heterocycles. The average Bonchev–Trinajstić information content (AvgIpc) is 2.34. The van der Waals surface area contributed by atoms with Crippen molar-refractivity contribution in [3.8, 4) is 0 Å². The maximum absolute atomic E-state index is 12.8. The Morgan fingerprint density at radius 1 is 1.32 bits per heavy atom. The highest BCUT2D eigenvalue weighted by Gasteiger charge is 2.32. The molecule has 1 amide bonds. The van der Waals surface area contributed by atoms with Crippen molar-refractivity contribution < 1.29 is 18.0 Å². The van der Waals surface area contributed by atoms with Crippen LogP contribution in [-0.4, -0.2) is 30.9 Å². The van der Waals surface area contributed by atoms with Gasteiger partial charge in [-0.2, -0.15) is 13.2 Å². The van der Waals surface area contributed by atoms with Crippen LogP contribution in [0.4, 0.5) is 13.2 Å². The van der Waals surface area contributed by atoms with Crippen molar-refractivity contribution in [2.45, 2.75) is 25.7 Å². The molecular formula is C13H17F3N2O. The van der Waals surface area contributed by atoms with Gasteiger partial charge < -0.3 is 10.2 Å². The second-order valence-electron chi connectivity index (χ2n) is 4.49. The summed E-state index contributed by atoms with van der Waals surface area (Å²) in [6.45, 7) is 1.62. The number of amides is 1. The topological polar surface area (TPSA) is 32.3 Å². The number of nitrogens with zero attached hydrogens (tertiary/aromatic N) is 1. The highest BCUT2D eigenvalue weighted by Crippen LogP contribution is 2.31. The van der Waals surface area contributed by atoms with Gasteiger partial charge in [0.1, 0.15) is 0 Å². The summed E-state index contributed by atoms with van der Waals surface area (Å²) < 4.78 is 38.3. The molecule has 1 unspecified atom stereocenters. The molecule has 1 aromatic carbocycles. The molecule has 1 aromatic rings. The smallest absolute Gasteiger partial charge is 0.347 e. The second kappa shape index (κ2) is 6.06. The molecule has 0 spiro atoms. The summed E-state index contributed by atoms with van der Waals surface area (Å²) >= 11 is 0. The maximum Gasteiger partial charge on any atom is 0.416 e. The molecule has 0 saturated heterocycles. The molecule has 1 N–H and O–H groups in total. The number of halogens is 3. The van der Waals surface area contributed by atoms with Gasteiger partial charge in [0, 0.05) is 20.6 Å². The van der Waals surface area contributed by atoms with Gasteiger partial charge in [-0.15, -0.1) is 0 Å². The Balaban J connectivity index is 2.76. The van der Waals surface area contributed by atoms with Gasteiger partial charge in [0.05, 0.1) is 11.6 Å². The third-order valence-corrected chi connectivity index (χ3v) is 2.73. The van der Waals surface area contributed by atoms with Crippen LogP contribution in [0.15, 0.2) is 24.3 Å². The van der Waals surface area contributed by atoms with Gasteiger partial charge in [0.15, 0.2) is 0 Å². The summed E-state index contributed by atoms with van der Waals surface area (Å²) in [4.78, 5) is 13.0. The van der Waals surface area contributed by atoms with Gasteiger partial charge in [-0.05, 0) is 18.6 Å². The Bertz CT molecular complexity index is 444. The molecule has 0 aliphatic heterocycles. The molecule has 0 aliphatic rings. The molecule has 1 rings (SSSR count). The van der Waals surface area contributed by atoms with E-state index >= 15 is 0 Å². The van der Waals surface area contributed by atoms with E-state index in [1.165, 1.54) is 17.0 Å². The van der Waals surface area contributed by atoms with Crippen molar-refractivity contribution in [3.05, 3.63) is 35.4 Å². The van der Waals surface area contributed by atoms with E-state index in [4.69, 9.17) is 0 Å². The average molecular weight is 274 g/mol. The van der Waals surface area contributed by atoms with Crippen LogP contribution in [0.5, 0.6) is 0 Å². The molecule has 0 heterocycles. The maximum atomic E-state index is 12.8. The molecule has 0 radical (unpaired) electrons. The number of carbonyl (C=O) groups excluding carboxylic acids is 1. The zero-order chi connectivity index (χ0) is 14.6. The van der Waals surface area contributed by atoms with Gasteiger partial charge in [-0.25, -0.2) is 0 Å². The summed E-state index contributed by atoms with van der Waals surface area (Å²) in [6.07, 6.45) is -4.38. The van der Waals surface area contributed by atoms with E-state index in [0.717, 1.165) is 6.07 Å². The third kappa shape index (κ3) is 4.24. The fraction of sp³-hybridized carbons (Fsp3) is 0.462. The molecular weight excluding hydrogens is 257 g/mol. The lowest BCUT2D eigenvalue weighted by Crippen LogP contribution is -2.41. The van der Waals surface area contributed by atoms with Crippen molar-refractivity contribution in [1.82, 2.24) is 10.2 Å². The summed E-state index contributed by atoms with van der Waals surface area (Å²) in [7, 11) is 3.20. The van der Waals surface area contributed by atoms with Crippen molar-refractivity contribution in [3.63, 3.8) is 0 Å². The van der Waals surface area contributed by atoms with Gasteiger partial charge >= 0.3 is 6.18 Å². The molecule has 0 aliphatic carbocycles. The van der Waals surface area contributed by atoms with E-state index < -0.39 is 17.8 Å². The minimum Gasteiger partial charge on any atom is -0.347 e. The van der Waals surface area contributed by atoms with Crippen LogP contribution < -0.4 is 5.32 Å². The lowest BCUT2D eigenvalue weighted by atomic mass is 10.1. The van der Waals surface area contributed by atoms with E-state index in [9.17, 15) is 18.0 Å². The third-order valence-electron chi connectivity index (χ3n) is 2.73. The first-order valence-electron chi connectivity index (χ1n) is 5.83. The normalized spacial score (nSPS) is 13.2. The summed E-state index contributed by atoms with van der Waals surface area (Å²) in [5.74, 6) is -0.176. The monoisotopic (exact) mass is 274 g/mol. The highest BCUT2D eigenvalue weighted by atomic mass is 19.4. The Morgan fingerprint density at radius 2 is 1.89 bits per heavy atom. The van der Waals surface area contributed by atoms with Gasteiger partial charge in [0.25, 0.3) is 0 Å². The van der Waals surface area contributed by atoms with Gasteiger partial charge in [0.2, 0.25) is 5.91 Å². The first kappa shape index (κ1) is 15.5. The number of hydrogen-bond acceptors (Lipinski definition) is 2. The molecule has 0 fully saturated rings. The predicted octanol–water partition coefficient (Wildman–Crippen LogP) is 2.27. The SMILES string of the molecule is CC(NCc1ccccc1C(F)(F)F)C(=O)N(C)C. The van der Waals surface area contributed by atoms with Crippen LogP contribution >= 0.6 is 0 Å². The highest BCUT2D eigenvalue weighted by molar-refractivity contribution is 5.80. The van der Waals surface area contributed by atoms with Crippen molar-refractivity contribution in [2.75, 3.05) is 14.1 Å². The molecule has 0 saturated carbocycles. The van der Waals surface area contributed by atoms with Crippen molar-refractivity contribution in [1.29, 1.82) is 0 Å². The number of rotatable bonds is 4. The van der Waals surface area contributed by atoms with E-state index in [0.29, 0.717) is 0 Å². The lowest BCUT2D eigenvalue weighted by molar-refractivity contribution is -0.138. The first-order chi connectivity index (χ1) is 8.73. The largest absolute Gasteiger partial charge is 0.416 e. The van der Waals surface area contributed by atoms with Gasteiger partial charge in [-0.3, -0.25) is 4.79 Å². The number of carbonyl (C=O) groups is 1. The first-order valence-corrected chi connectivity index (χ1v) is 5.83. The Morgan fingerprint density at radius 3 is 2.42 bits per heavy atom. The second-order valence-corrected chi connectivity index (χ2v) is 4.49. The Hall–Kier alpha value is -1.56. The molecule has 19 heavy (non-hydrogen) atoms. The van der Waals surface area contributed by atoms with Crippen molar-refractivity contribution in [2.24, 2.45) is 0 Å². The standard InChI is InChI=1S/C13H17F3N2O/c1-9(12(19)18(2)3)17-8-10-6-4-5-7-11(10)13(14,15)16/h4-7,9,17H,8H2,1-3H3. The summed E-state index contributed by atoms with van der Waals surface area (Å²) in [5.41, 5.74) is -0.541. The minimum absolute atomic E-state index is 0.00354. The fourth-order valence-corrected chi connectivity index (χ4v) is 1.69. The van der Waals surface area contributed by atoms with Crippen LogP contribution in [0, 0.1) is 0 Å². The summed E-state index contributed by atoms with van der Waals surface area (Å²) in [5, 5.41) is 2.80. The van der Waals surface area contributed by atoms with Crippen molar-refractivity contribution >= 4 is 5.91 Å². The number of likely N-dealkylation sites (N-methyl/N-ethyl adjacent to an activating group) is 1. The number of nitrogens with one attached hydrogen (secondary N) is 1. The fourth-order valence-electron chi connectivity index (χ4n) is 1.69. The number of benzene rings is 1. The Labute approximate surface area is 110 Å². The minimum atomic E-state index is -4.38. The molecule has 0 bridgehead atoms. The van der Waals surface area contributed by atoms with E-state index in [1.807, 2.05) is 0 Å². The van der Waals surface area contributed by atoms with Crippen LogP contribution in [0.2, 0.25) is 0 Å². The van der Waals surface area contributed by atoms with E-state index in [1.54, 1.807) is 27.1 Å². The van der Waals surface area contributed by atoms with Crippen LogP contribution in [0.1, 0.15) is 18.1 Å². The van der Waals surface area contributed by atoms with Crippen LogP contribution in [0.3, 0.4) is 0 Å². The Kier molecular flexibility index (Phi) is 4.94. The van der Waals surface area contributed by atoms with Crippen LogP contribution in [-0.2, 0) is 17.5 Å². The number of alkyl halides is 3. The molecule has 3 nitrogen and oxygen atoms in total. The molecule has 1 atom stereocenters. The quantitative estimate of drug-likeness (QED) is 0.913. The van der Waals surface area contributed by atoms with E-state index in [-0.39, 0.29) is 18.0 Å². The molecule has 106 valence electrons. The van der Waals surface area contributed by atoms with Crippen LogP contribution in [0.25, 0.3) is 0 Å². The summed E-state index contributed by atoms with van der Waals surface area (Å²) in [6, 6.07) is 4.81. The van der Waals surface area contributed by atoms with Gasteiger partial charge in [-0.1, -0.05) is 18.2 Å². The zero-order valence-corrected chi connectivity index (χ0v) is 11.1. The van der Waals surface area contributed by atoms with E-state index in [2.05, 4.69) is 5.32 Å². The predicted molar refractivity (Wildman–Crippen MR) is 66.4 cm³/mol.